The molecule has 18 heavy (non-hydrogen) atoms. The minimum absolute atomic E-state index is 0.280. The van der Waals surface area contributed by atoms with Gasteiger partial charge in [0.05, 0.1) is 5.56 Å². The van der Waals surface area contributed by atoms with Crippen molar-refractivity contribution in [2.24, 2.45) is 5.41 Å². The van der Waals surface area contributed by atoms with Gasteiger partial charge in [-0.25, -0.2) is 9.18 Å². The predicted octanol–water partition coefficient (Wildman–Crippen LogP) is 3.52. The number of carboxylic acid groups (broad SMARTS) is 1. The van der Waals surface area contributed by atoms with Crippen molar-refractivity contribution in [2.75, 3.05) is 11.9 Å². The Hall–Kier alpha value is -1.58. The van der Waals surface area contributed by atoms with Crippen LogP contribution in [0, 0.1) is 11.2 Å². The summed E-state index contributed by atoms with van der Waals surface area (Å²) in [6, 6.07) is 4.17. The Bertz CT molecular complexity index is 453. The highest BCUT2D eigenvalue weighted by molar-refractivity contribution is 5.88. The largest absolute Gasteiger partial charge is 0.478 e. The maximum absolute atomic E-state index is 13.5. The van der Waals surface area contributed by atoms with E-state index in [2.05, 4.69) is 12.2 Å². The summed E-state index contributed by atoms with van der Waals surface area (Å²) in [4.78, 5) is 10.7. The molecule has 4 heteroatoms. The third kappa shape index (κ3) is 2.81. The Balaban J connectivity index is 2.02. The summed E-state index contributed by atoms with van der Waals surface area (Å²) in [6.45, 7) is 3.04. The fourth-order valence-electron chi connectivity index (χ4n) is 2.52. The zero-order chi connectivity index (χ0) is 13.2. The average molecular weight is 251 g/mol. The molecular weight excluding hydrogens is 233 g/mol. The number of carbonyl (C=O) groups is 1. The Morgan fingerprint density at radius 1 is 1.44 bits per heavy atom. The zero-order valence-corrected chi connectivity index (χ0v) is 10.5. The van der Waals surface area contributed by atoms with Crippen LogP contribution in [0.15, 0.2) is 18.2 Å². The van der Waals surface area contributed by atoms with Crippen molar-refractivity contribution in [1.29, 1.82) is 0 Å². The molecule has 0 heterocycles. The second-order valence-electron chi connectivity index (χ2n) is 5.37. The van der Waals surface area contributed by atoms with Gasteiger partial charge in [-0.05, 0) is 36.5 Å². The van der Waals surface area contributed by atoms with Crippen LogP contribution < -0.4 is 5.32 Å². The average Bonchev–Trinajstić information content (AvgIpc) is 2.74. The van der Waals surface area contributed by atoms with Crippen LogP contribution in [0.1, 0.15) is 43.0 Å². The lowest BCUT2D eigenvalue weighted by molar-refractivity contribution is 0.0692. The van der Waals surface area contributed by atoms with Crippen molar-refractivity contribution < 1.29 is 14.3 Å². The first-order chi connectivity index (χ1) is 8.50. The third-order valence-electron chi connectivity index (χ3n) is 3.73. The molecule has 3 nitrogen and oxygen atoms in total. The molecule has 0 aliphatic heterocycles. The molecule has 1 aliphatic rings. The van der Waals surface area contributed by atoms with E-state index in [1.807, 2.05) is 0 Å². The number of anilines is 1. The quantitative estimate of drug-likeness (QED) is 0.860. The van der Waals surface area contributed by atoms with Gasteiger partial charge in [-0.2, -0.15) is 0 Å². The first kappa shape index (κ1) is 12.9. The minimum Gasteiger partial charge on any atom is -0.478 e. The number of hydrogen-bond acceptors (Lipinski definition) is 2. The summed E-state index contributed by atoms with van der Waals surface area (Å²) in [5.41, 5.74) is 0.639. The molecule has 0 aromatic heterocycles. The first-order valence-electron chi connectivity index (χ1n) is 6.27. The number of rotatable bonds is 4. The predicted molar refractivity (Wildman–Crippen MR) is 68.4 cm³/mol. The lowest BCUT2D eigenvalue weighted by Gasteiger charge is -2.24. The highest BCUT2D eigenvalue weighted by Gasteiger charge is 2.28. The van der Waals surface area contributed by atoms with E-state index >= 15 is 0 Å². The minimum atomic E-state index is -1.23. The Kier molecular flexibility index (Phi) is 3.55. The number of aromatic carboxylic acids is 1. The summed E-state index contributed by atoms with van der Waals surface area (Å²) >= 11 is 0. The van der Waals surface area contributed by atoms with Crippen LogP contribution in [0.3, 0.4) is 0 Å². The number of halogens is 1. The first-order valence-corrected chi connectivity index (χ1v) is 6.27. The van der Waals surface area contributed by atoms with E-state index < -0.39 is 11.8 Å². The van der Waals surface area contributed by atoms with Crippen LogP contribution in [-0.4, -0.2) is 17.6 Å². The van der Waals surface area contributed by atoms with E-state index in [9.17, 15) is 9.18 Å². The normalized spacial score (nSPS) is 17.7. The van der Waals surface area contributed by atoms with Crippen LogP contribution in [0.5, 0.6) is 0 Å². The van der Waals surface area contributed by atoms with E-state index in [1.165, 1.54) is 37.8 Å². The summed E-state index contributed by atoms with van der Waals surface area (Å²) < 4.78 is 13.5. The summed E-state index contributed by atoms with van der Waals surface area (Å²) in [7, 11) is 0. The monoisotopic (exact) mass is 251 g/mol. The van der Waals surface area contributed by atoms with Crippen molar-refractivity contribution in [3.63, 3.8) is 0 Å². The van der Waals surface area contributed by atoms with E-state index in [-0.39, 0.29) is 11.0 Å². The number of carboxylic acids is 1. The molecule has 1 aliphatic carbocycles. The van der Waals surface area contributed by atoms with Crippen molar-refractivity contribution in [3.05, 3.63) is 29.6 Å². The molecule has 98 valence electrons. The lowest BCUT2D eigenvalue weighted by Crippen LogP contribution is -2.23. The molecule has 1 fully saturated rings. The molecule has 2 rings (SSSR count). The van der Waals surface area contributed by atoms with Crippen molar-refractivity contribution >= 4 is 11.7 Å². The van der Waals surface area contributed by atoms with Crippen molar-refractivity contribution in [2.45, 2.75) is 32.6 Å². The molecule has 0 saturated heterocycles. The van der Waals surface area contributed by atoms with E-state index in [0.717, 1.165) is 6.54 Å². The highest BCUT2D eigenvalue weighted by Crippen LogP contribution is 2.37. The number of nitrogens with one attached hydrogen (secondary N) is 1. The molecule has 0 spiro atoms. The molecular formula is C14H18FNO2. The van der Waals surface area contributed by atoms with Gasteiger partial charge >= 0.3 is 5.97 Å². The zero-order valence-electron chi connectivity index (χ0n) is 10.5. The summed E-state index contributed by atoms with van der Waals surface area (Å²) in [5.74, 6) is -1.93. The maximum Gasteiger partial charge on any atom is 0.338 e. The smallest absolute Gasteiger partial charge is 0.338 e. The third-order valence-corrected chi connectivity index (χ3v) is 3.73. The molecule has 1 aromatic carbocycles. The molecule has 0 unspecified atom stereocenters. The van der Waals surface area contributed by atoms with Gasteiger partial charge in [-0.15, -0.1) is 0 Å². The van der Waals surface area contributed by atoms with Gasteiger partial charge in [0, 0.05) is 12.2 Å². The van der Waals surface area contributed by atoms with Crippen LogP contribution in [0.4, 0.5) is 10.1 Å². The van der Waals surface area contributed by atoms with Gasteiger partial charge in [0.15, 0.2) is 0 Å². The van der Waals surface area contributed by atoms with Gasteiger partial charge in [-0.3, -0.25) is 0 Å². The fraction of sp³-hybridized carbons (Fsp3) is 0.500. The standard InChI is InChI=1S/C14H18FNO2/c1-14(6-2-3-7-14)9-16-10-4-5-11(13(17)18)12(15)8-10/h4-5,8,16H,2-3,6-7,9H2,1H3,(H,17,18). The van der Waals surface area contributed by atoms with Gasteiger partial charge < -0.3 is 10.4 Å². The number of hydrogen-bond donors (Lipinski definition) is 2. The van der Waals surface area contributed by atoms with E-state index in [0.29, 0.717) is 5.69 Å². The molecule has 0 amide bonds. The maximum atomic E-state index is 13.5. The second kappa shape index (κ2) is 4.96. The van der Waals surface area contributed by atoms with E-state index in [4.69, 9.17) is 5.11 Å². The van der Waals surface area contributed by atoms with Crippen molar-refractivity contribution in [3.8, 4) is 0 Å². The van der Waals surface area contributed by atoms with Gasteiger partial charge in [-0.1, -0.05) is 19.8 Å². The molecule has 1 saturated carbocycles. The number of benzene rings is 1. The Labute approximate surface area is 106 Å². The SMILES string of the molecule is CC1(CNc2ccc(C(=O)O)c(F)c2)CCCC1. The van der Waals surface area contributed by atoms with Gasteiger partial charge in [0.25, 0.3) is 0 Å². The van der Waals surface area contributed by atoms with Crippen LogP contribution in [-0.2, 0) is 0 Å². The Morgan fingerprint density at radius 3 is 2.67 bits per heavy atom. The molecule has 0 bridgehead atoms. The highest BCUT2D eigenvalue weighted by atomic mass is 19.1. The van der Waals surface area contributed by atoms with Gasteiger partial charge in [0.1, 0.15) is 5.82 Å². The second-order valence-corrected chi connectivity index (χ2v) is 5.37. The summed E-state index contributed by atoms with van der Waals surface area (Å²) in [5, 5.41) is 11.9. The topological polar surface area (TPSA) is 49.3 Å². The molecule has 0 radical (unpaired) electrons. The van der Waals surface area contributed by atoms with Crippen LogP contribution in [0.25, 0.3) is 0 Å². The molecule has 0 atom stereocenters. The fourth-order valence-corrected chi connectivity index (χ4v) is 2.52. The Morgan fingerprint density at radius 2 is 2.11 bits per heavy atom. The lowest BCUT2D eigenvalue weighted by atomic mass is 9.89. The van der Waals surface area contributed by atoms with E-state index in [1.54, 1.807) is 6.07 Å². The van der Waals surface area contributed by atoms with Crippen LogP contribution >= 0.6 is 0 Å². The molecule has 1 aromatic rings. The van der Waals surface area contributed by atoms with Gasteiger partial charge in [0.2, 0.25) is 0 Å². The summed E-state index contributed by atoms with van der Waals surface area (Å²) in [6.07, 6.45) is 4.89. The van der Waals surface area contributed by atoms with Crippen LogP contribution in [0.2, 0.25) is 0 Å². The van der Waals surface area contributed by atoms with Crippen molar-refractivity contribution in [1.82, 2.24) is 0 Å². The molecule has 2 N–H and O–H groups in total.